The molecule has 2 unspecified atom stereocenters. The van der Waals surface area contributed by atoms with Crippen molar-refractivity contribution >= 4 is 20.2 Å². The Bertz CT molecular complexity index is 1290. The first kappa shape index (κ1) is 25.6. The van der Waals surface area contributed by atoms with Crippen molar-refractivity contribution in [1.82, 2.24) is 4.90 Å². The molecule has 192 valence electrons. The summed E-state index contributed by atoms with van der Waals surface area (Å²) in [6.45, 7) is 8.73. The van der Waals surface area contributed by atoms with E-state index in [0.29, 0.717) is 12.4 Å². The Morgan fingerprint density at radius 1 is 0.892 bits per heavy atom. The van der Waals surface area contributed by atoms with Gasteiger partial charge in [-0.25, -0.2) is 0 Å². The van der Waals surface area contributed by atoms with Gasteiger partial charge in [-0.2, -0.15) is 0 Å². The molecule has 1 saturated heterocycles. The highest BCUT2D eigenvalue weighted by Crippen LogP contribution is 2.37. The van der Waals surface area contributed by atoms with Crippen molar-refractivity contribution in [2.75, 3.05) is 31.1 Å². The average Bonchev–Trinajstić information content (AvgIpc) is 2.92. The summed E-state index contributed by atoms with van der Waals surface area (Å²) in [6, 6.07) is 23.3. The summed E-state index contributed by atoms with van der Waals surface area (Å²) in [5.41, 5.74) is 7.39. The van der Waals surface area contributed by atoms with Crippen molar-refractivity contribution < 1.29 is 9.84 Å². The summed E-state index contributed by atoms with van der Waals surface area (Å²) >= 11 is 0. The number of allylic oxidation sites excluding steroid dienone is 2. The van der Waals surface area contributed by atoms with Crippen LogP contribution in [0.15, 0.2) is 90.2 Å². The molecule has 0 spiro atoms. The van der Waals surface area contributed by atoms with Crippen LogP contribution in [0.1, 0.15) is 41.1 Å². The molecular formula is C32H37N2O2P. The van der Waals surface area contributed by atoms with E-state index in [0.717, 1.165) is 61.2 Å². The van der Waals surface area contributed by atoms with Crippen LogP contribution in [0, 0.1) is 13.8 Å². The van der Waals surface area contributed by atoms with Crippen LogP contribution in [-0.2, 0) is 6.61 Å². The number of anilines is 1. The number of nitrogens with zero attached hydrogens (tertiary/aromatic N) is 2. The Labute approximate surface area is 223 Å². The van der Waals surface area contributed by atoms with E-state index in [-0.39, 0.29) is 6.04 Å². The van der Waals surface area contributed by atoms with Crippen LogP contribution in [0.5, 0.6) is 5.75 Å². The molecule has 1 N–H and O–H groups in total. The zero-order valence-corrected chi connectivity index (χ0v) is 23.0. The number of benzene rings is 3. The monoisotopic (exact) mass is 512 g/mol. The van der Waals surface area contributed by atoms with Crippen LogP contribution >= 0.6 is 9.24 Å². The Morgan fingerprint density at radius 3 is 2.38 bits per heavy atom. The van der Waals surface area contributed by atoms with Gasteiger partial charge in [0.1, 0.15) is 18.1 Å². The smallest absolute Gasteiger partial charge is 0.126 e. The molecule has 5 heteroatoms. The highest BCUT2D eigenvalue weighted by Gasteiger charge is 2.31. The summed E-state index contributed by atoms with van der Waals surface area (Å²) in [5.74, 6) is 1.29. The standard InChI is InChI=1S/C32H37N2O2P/c1-23-9-8-13-28(24(23)2)33-17-19-34(20-18-33)32(27-12-6-7-14-29(27)35)26-15-16-30(31(37)21-26)36-22-25-10-4-3-5-11-25/h3-5,8-16,21,32,35H,6-7,17-20,22,37H2,1-2H3. The lowest BCUT2D eigenvalue weighted by atomic mass is 9.91. The zero-order chi connectivity index (χ0) is 25.8. The van der Waals surface area contributed by atoms with Gasteiger partial charge >= 0.3 is 0 Å². The van der Waals surface area contributed by atoms with Crippen LogP contribution in [0.3, 0.4) is 0 Å². The molecule has 0 saturated carbocycles. The zero-order valence-electron chi connectivity index (χ0n) is 21.9. The lowest BCUT2D eigenvalue weighted by Gasteiger charge is -2.42. The average molecular weight is 513 g/mol. The number of ether oxygens (including phenoxy) is 1. The Hall–Kier alpha value is -3.07. The number of aliphatic hydroxyl groups is 1. The number of hydrogen-bond donors (Lipinski definition) is 1. The van der Waals surface area contributed by atoms with Gasteiger partial charge < -0.3 is 14.7 Å². The van der Waals surface area contributed by atoms with Crippen molar-refractivity contribution in [1.29, 1.82) is 0 Å². The summed E-state index contributed by atoms with van der Waals surface area (Å²) < 4.78 is 6.14. The van der Waals surface area contributed by atoms with Crippen LogP contribution in [0.4, 0.5) is 5.69 Å². The normalized spacial score (nSPS) is 17.2. The molecule has 5 rings (SSSR count). The van der Waals surface area contributed by atoms with Crippen molar-refractivity contribution in [3.8, 4) is 5.75 Å². The highest BCUT2D eigenvalue weighted by molar-refractivity contribution is 7.27. The van der Waals surface area contributed by atoms with Gasteiger partial charge in [0.05, 0.1) is 6.04 Å². The first-order valence-corrected chi connectivity index (χ1v) is 13.8. The van der Waals surface area contributed by atoms with Gasteiger partial charge in [-0.15, -0.1) is 9.24 Å². The SMILES string of the molecule is Cc1cccc(N2CCN(C(C3=CCCC=C3O)c3ccc(OCc4ccccc4)c(P)c3)CC2)c1C. The topological polar surface area (TPSA) is 35.9 Å². The van der Waals surface area contributed by atoms with Gasteiger partial charge in [0.15, 0.2) is 0 Å². The Morgan fingerprint density at radius 2 is 1.65 bits per heavy atom. The number of aliphatic hydroxyl groups excluding tert-OH is 1. The molecule has 3 aromatic carbocycles. The van der Waals surface area contributed by atoms with E-state index in [1.165, 1.54) is 22.4 Å². The minimum atomic E-state index is 0.0137. The van der Waals surface area contributed by atoms with E-state index in [4.69, 9.17) is 4.74 Å². The summed E-state index contributed by atoms with van der Waals surface area (Å²) in [7, 11) is 2.85. The second-order valence-electron chi connectivity index (χ2n) is 10.0. The lowest BCUT2D eigenvalue weighted by Crippen LogP contribution is -2.48. The van der Waals surface area contributed by atoms with Gasteiger partial charge in [0, 0.05) is 42.7 Å². The summed E-state index contributed by atoms with van der Waals surface area (Å²) in [5, 5.41) is 11.9. The third-order valence-electron chi connectivity index (χ3n) is 7.64. The molecule has 2 aliphatic rings. The Balaban J connectivity index is 1.37. The molecule has 1 heterocycles. The van der Waals surface area contributed by atoms with Crippen molar-refractivity contribution in [2.24, 2.45) is 0 Å². The second-order valence-corrected chi connectivity index (χ2v) is 10.7. The van der Waals surface area contributed by atoms with Crippen molar-refractivity contribution in [3.05, 3.63) is 112 Å². The first-order chi connectivity index (χ1) is 18.0. The maximum absolute atomic E-state index is 10.9. The fourth-order valence-electron chi connectivity index (χ4n) is 5.42. The van der Waals surface area contributed by atoms with Crippen LogP contribution in [0.25, 0.3) is 0 Å². The van der Waals surface area contributed by atoms with E-state index >= 15 is 0 Å². The molecular weight excluding hydrogens is 475 g/mol. The predicted octanol–water partition coefficient (Wildman–Crippen LogP) is 6.41. The number of hydrogen-bond acceptors (Lipinski definition) is 4. The largest absolute Gasteiger partial charge is 0.508 e. The van der Waals surface area contributed by atoms with Crippen molar-refractivity contribution in [2.45, 2.75) is 39.3 Å². The lowest BCUT2D eigenvalue weighted by molar-refractivity contribution is 0.203. The Kier molecular flexibility index (Phi) is 7.98. The quantitative estimate of drug-likeness (QED) is 0.371. The number of rotatable bonds is 7. The van der Waals surface area contributed by atoms with Gasteiger partial charge in [0.25, 0.3) is 0 Å². The number of aryl methyl sites for hydroxylation is 1. The van der Waals surface area contributed by atoms with Gasteiger partial charge in [-0.05, 0) is 73.2 Å². The highest BCUT2D eigenvalue weighted by atomic mass is 31.0. The van der Waals surface area contributed by atoms with E-state index in [9.17, 15) is 5.11 Å². The second kappa shape index (κ2) is 11.5. The van der Waals surface area contributed by atoms with Crippen LogP contribution in [0.2, 0.25) is 0 Å². The van der Waals surface area contributed by atoms with Crippen molar-refractivity contribution in [3.63, 3.8) is 0 Å². The molecule has 4 nitrogen and oxygen atoms in total. The molecule has 2 atom stereocenters. The number of piperazine rings is 1. The first-order valence-electron chi connectivity index (χ1n) is 13.2. The molecule has 0 amide bonds. The summed E-state index contributed by atoms with van der Waals surface area (Å²) in [6.07, 6.45) is 6.04. The van der Waals surface area contributed by atoms with Gasteiger partial charge in [0.2, 0.25) is 0 Å². The molecule has 0 bridgehead atoms. The van der Waals surface area contributed by atoms with E-state index in [2.05, 4.69) is 87.5 Å². The molecule has 37 heavy (non-hydrogen) atoms. The van der Waals surface area contributed by atoms with Gasteiger partial charge in [-0.3, -0.25) is 4.90 Å². The molecule has 3 aromatic rings. The van der Waals surface area contributed by atoms with Gasteiger partial charge in [-0.1, -0.05) is 54.6 Å². The molecule has 1 fully saturated rings. The fraction of sp³-hybridized carbons (Fsp3) is 0.312. The maximum Gasteiger partial charge on any atom is 0.126 e. The minimum absolute atomic E-state index is 0.0137. The van der Waals surface area contributed by atoms with E-state index in [1.807, 2.05) is 24.3 Å². The minimum Gasteiger partial charge on any atom is -0.508 e. The fourth-order valence-corrected chi connectivity index (χ4v) is 5.80. The summed E-state index contributed by atoms with van der Waals surface area (Å²) in [4.78, 5) is 5.02. The molecule has 0 radical (unpaired) electrons. The van der Waals surface area contributed by atoms with E-state index < -0.39 is 0 Å². The third-order valence-corrected chi connectivity index (χ3v) is 8.09. The van der Waals surface area contributed by atoms with E-state index in [1.54, 1.807) is 0 Å². The molecule has 0 aromatic heterocycles. The predicted molar refractivity (Wildman–Crippen MR) is 157 cm³/mol. The van der Waals surface area contributed by atoms with Crippen LogP contribution < -0.4 is 14.9 Å². The molecule has 1 aliphatic carbocycles. The third kappa shape index (κ3) is 5.76. The maximum atomic E-state index is 10.9. The van der Waals surface area contributed by atoms with Crippen LogP contribution in [-0.4, -0.2) is 36.2 Å². The molecule has 1 aliphatic heterocycles.